The molecule has 26 heavy (non-hydrogen) atoms. The summed E-state index contributed by atoms with van der Waals surface area (Å²) in [7, 11) is 1.79. The SMILES string of the molecule is CN(CC1CCCO1)C(=O)c1cc(CN2CCc3ccccc3C2)on1. The Balaban J connectivity index is 1.35. The molecule has 1 saturated heterocycles. The summed E-state index contributed by atoms with van der Waals surface area (Å²) in [5.74, 6) is 0.623. The number of likely N-dealkylation sites (N-methyl/N-ethyl adjacent to an activating group) is 1. The predicted octanol–water partition coefficient (Wildman–Crippen LogP) is 2.48. The van der Waals surface area contributed by atoms with Gasteiger partial charge in [-0.3, -0.25) is 9.69 Å². The van der Waals surface area contributed by atoms with Crippen LogP contribution in [-0.4, -0.2) is 53.7 Å². The van der Waals surface area contributed by atoms with Crippen molar-refractivity contribution in [2.75, 3.05) is 26.7 Å². The van der Waals surface area contributed by atoms with Gasteiger partial charge in [0.2, 0.25) is 0 Å². The highest BCUT2D eigenvalue weighted by Crippen LogP contribution is 2.21. The quantitative estimate of drug-likeness (QED) is 0.825. The third kappa shape index (κ3) is 3.81. The molecule has 4 rings (SSSR count). The summed E-state index contributed by atoms with van der Waals surface area (Å²) in [4.78, 5) is 16.5. The maximum atomic E-state index is 12.5. The summed E-state index contributed by atoms with van der Waals surface area (Å²) in [6.45, 7) is 3.95. The van der Waals surface area contributed by atoms with Crippen LogP contribution in [0.15, 0.2) is 34.9 Å². The number of carbonyl (C=O) groups is 1. The number of carbonyl (C=O) groups excluding carboxylic acids is 1. The van der Waals surface area contributed by atoms with Gasteiger partial charge in [0, 0.05) is 39.4 Å². The molecule has 138 valence electrons. The second-order valence-corrected chi connectivity index (χ2v) is 7.23. The maximum Gasteiger partial charge on any atom is 0.275 e. The summed E-state index contributed by atoms with van der Waals surface area (Å²) >= 11 is 0. The van der Waals surface area contributed by atoms with E-state index in [0.717, 1.165) is 44.7 Å². The number of nitrogens with zero attached hydrogens (tertiary/aromatic N) is 3. The van der Waals surface area contributed by atoms with Gasteiger partial charge < -0.3 is 14.2 Å². The van der Waals surface area contributed by atoms with Gasteiger partial charge in [-0.1, -0.05) is 29.4 Å². The van der Waals surface area contributed by atoms with E-state index in [4.69, 9.17) is 9.26 Å². The Hall–Kier alpha value is -2.18. The van der Waals surface area contributed by atoms with Crippen LogP contribution in [0.1, 0.15) is 40.2 Å². The van der Waals surface area contributed by atoms with Crippen molar-refractivity contribution in [3.05, 3.63) is 52.9 Å². The summed E-state index contributed by atoms with van der Waals surface area (Å²) in [6, 6.07) is 10.3. The third-order valence-electron chi connectivity index (χ3n) is 5.22. The molecule has 2 aromatic rings. The zero-order chi connectivity index (χ0) is 17.9. The highest BCUT2D eigenvalue weighted by molar-refractivity contribution is 5.92. The average molecular weight is 355 g/mol. The fourth-order valence-corrected chi connectivity index (χ4v) is 3.77. The lowest BCUT2D eigenvalue weighted by Crippen LogP contribution is -2.34. The lowest BCUT2D eigenvalue weighted by Gasteiger charge is -2.27. The molecule has 1 unspecified atom stereocenters. The molecule has 0 bridgehead atoms. The minimum Gasteiger partial charge on any atom is -0.376 e. The van der Waals surface area contributed by atoms with Gasteiger partial charge in [0.25, 0.3) is 5.91 Å². The number of benzene rings is 1. The standard InChI is InChI=1S/C20H25N3O3/c1-22(13-17-7-4-10-25-17)20(24)19-11-18(26-21-19)14-23-9-8-15-5-2-3-6-16(15)12-23/h2-3,5-6,11,17H,4,7-10,12-14H2,1H3. The number of amides is 1. The lowest BCUT2D eigenvalue weighted by atomic mass is 10.00. The van der Waals surface area contributed by atoms with Crippen molar-refractivity contribution in [1.82, 2.24) is 15.0 Å². The minimum atomic E-state index is -0.112. The van der Waals surface area contributed by atoms with E-state index < -0.39 is 0 Å². The summed E-state index contributed by atoms with van der Waals surface area (Å²) in [5, 5.41) is 3.99. The first-order valence-electron chi connectivity index (χ1n) is 9.31. The molecule has 0 spiro atoms. The van der Waals surface area contributed by atoms with Crippen LogP contribution in [-0.2, 0) is 24.2 Å². The lowest BCUT2D eigenvalue weighted by molar-refractivity contribution is 0.0579. The first-order chi connectivity index (χ1) is 12.7. The smallest absolute Gasteiger partial charge is 0.275 e. The first kappa shape index (κ1) is 17.2. The van der Waals surface area contributed by atoms with Crippen molar-refractivity contribution in [2.24, 2.45) is 0 Å². The van der Waals surface area contributed by atoms with Crippen molar-refractivity contribution in [2.45, 2.75) is 38.5 Å². The minimum absolute atomic E-state index is 0.112. The molecular weight excluding hydrogens is 330 g/mol. The van der Waals surface area contributed by atoms with E-state index in [0.29, 0.717) is 18.8 Å². The third-order valence-corrected chi connectivity index (χ3v) is 5.22. The van der Waals surface area contributed by atoms with Crippen LogP contribution in [0.5, 0.6) is 0 Å². The van der Waals surface area contributed by atoms with Gasteiger partial charge in [0.05, 0.1) is 12.6 Å². The van der Waals surface area contributed by atoms with E-state index in [1.807, 2.05) is 0 Å². The number of aromatic nitrogens is 1. The number of ether oxygens (including phenoxy) is 1. The Morgan fingerprint density at radius 2 is 2.19 bits per heavy atom. The summed E-state index contributed by atoms with van der Waals surface area (Å²) in [5.41, 5.74) is 3.16. The van der Waals surface area contributed by atoms with Crippen LogP contribution >= 0.6 is 0 Å². The normalized spacial score (nSPS) is 20.1. The molecule has 1 fully saturated rings. The van der Waals surface area contributed by atoms with Gasteiger partial charge in [-0.25, -0.2) is 0 Å². The van der Waals surface area contributed by atoms with E-state index in [-0.39, 0.29) is 12.0 Å². The van der Waals surface area contributed by atoms with Crippen LogP contribution < -0.4 is 0 Å². The van der Waals surface area contributed by atoms with Gasteiger partial charge in [0.15, 0.2) is 11.5 Å². The molecule has 6 heteroatoms. The molecule has 0 radical (unpaired) electrons. The Labute approximate surface area is 153 Å². The van der Waals surface area contributed by atoms with Gasteiger partial charge in [-0.15, -0.1) is 0 Å². The number of fused-ring (bicyclic) bond motifs is 1. The zero-order valence-corrected chi connectivity index (χ0v) is 15.2. The molecule has 2 aliphatic rings. The second kappa shape index (κ2) is 7.60. The highest BCUT2D eigenvalue weighted by atomic mass is 16.5. The van der Waals surface area contributed by atoms with Crippen molar-refractivity contribution in [3.63, 3.8) is 0 Å². The van der Waals surface area contributed by atoms with Crippen LogP contribution in [0.25, 0.3) is 0 Å². The zero-order valence-electron chi connectivity index (χ0n) is 15.2. The van der Waals surface area contributed by atoms with E-state index in [1.54, 1.807) is 18.0 Å². The number of rotatable bonds is 5. The molecule has 1 aromatic heterocycles. The molecule has 1 aromatic carbocycles. The van der Waals surface area contributed by atoms with Crippen LogP contribution in [0.3, 0.4) is 0 Å². The van der Waals surface area contributed by atoms with Gasteiger partial charge in [-0.05, 0) is 30.4 Å². The Bertz CT molecular complexity index is 767. The average Bonchev–Trinajstić information content (AvgIpc) is 3.33. The number of hydrogen-bond donors (Lipinski definition) is 0. The molecule has 0 saturated carbocycles. The van der Waals surface area contributed by atoms with Crippen LogP contribution in [0.2, 0.25) is 0 Å². The van der Waals surface area contributed by atoms with E-state index >= 15 is 0 Å². The Morgan fingerprint density at radius 3 is 3.00 bits per heavy atom. The second-order valence-electron chi connectivity index (χ2n) is 7.23. The van der Waals surface area contributed by atoms with Gasteiger partial charge in [0.1, 0.15) is 0 Å². The molecule has 6 nitrogen and oxygen atoms in total. The molecule has 1 atom stereocenters. The molecule has 0 aliphatic carbocycles. The fourth-order valence-electron chi connectivity index (χ4n) is 3.77. The van der Waals surface area contributed by atoms with E-state index in [1.165, 1.54) is 11.1 Å². The summed E-state index contributed by atoms with van der Waals surface area (Å²) in [6.07, 6.45) is 3.27. The van der Waals surface area contributed by atoms with E-state index in [2.05, 4.69) is 34.3 Å². The predicted molar refractivity (Wildman–Crippen MR) is 96.7 cm³/mol. The van der Waals surface area contributed by atoms with Crippen LogP contribution in [0.4, 0.5) is 0 Å². The van der Waals surface area contributed by atoms with Crippen molar-refractivity contribution < 1.29 is 14.1 Å². The van der Waals surface area contributed by atoms with Crippen molar-refractivity contribution in [3.8, 4) is 0 Å². The largest absolute Gasteiger partial charge is 0.376 e. The summed E-state index contributed by atoms with van der Waals surface area (Å²) < 4.78 is 11.0. The number of hydrogen-bond acceptors (Lipinski definition) is 5. The maximum absolute atomic E-state index is 12.5. The van der Waals surface area contributed by atoms with Crippen LogP contribution in [0, 0.1) is 0 Å². The first-order valence-corrected chi connectivity index (χ1v) is 9.31. The van der Waals surface area contributed by atoms with Crippen molar-refractivity contribution in [1.29, 1.82) is 0 Å². The molecule has 1 amide bonds. The monoisotopic (exact) mass is 355 g/mol. The fraction of sp³-hybridized carbons (Fsp3) is 0.500. The molecule has 2 aliphatic heterocycles. The molecular formula is C20H25N3O3. The topological polar surface area (TPSA) is 58.8 Å². The Morgan fingerprint density at radius 1 is 1.35 bits per heavy atom. The molecule has 3 heterocycles. The van der Waals surface area contributed by atoms with Gasteiger partial charge in [-0.2, -0.15) is 0 Å². The highest BCUT2D eigenvalue weighted by Gasteiger charge is 2.24. The molecule has 0 N–H and O–H groups in total. The van der Waals surface area contributed by atoms with E-state index in [9.17, 15) is 4.79 Å². The Kier molecular flexibility index (Phi) is 5.04. The van der Waals surface area contributed by atoms with Crippen molar-refractivity contribution >= 4 is 5.91 Å². The van der Waals surface area contributed by atoms with Gasteiger partial charge >= 0.3 is 0 Å².